The summed E-state index contributed by atoms with van der Waals surface area (Å²) >= 11 is 5.74. The van der Waals surface area contributed by atoms with Crippen LogP contribution in [0.15, 0.2) is 30.6 Å². The average Bonchev–Trinajstić information content (AvgIpc) is 2.93. The lowest BCUT2D eigenvalue weighted by atomic mass is 10.1. The lowest BCUT2D eigenvalue weighted by Crippen LogP contribution is -2.34. The van der Waals surface area contributed by atoms with Crippen LogP contribution < -0.4 is 4.90 Å². The normalized spacial score (nSPS) is 14.2. The van der Waals surface area contributed by atoms with Crippen molar-refractivity contribution in [2.45, 2.75) is 19.0 Å². The Balaban J connectivity index is 1.96. The molecule has 0 atom stereocenters. The van der Waals surface area contributed by atoms with E-state index in [1.165, 1.54) is 0 Å². The van der Waals surface area contributed by atoms with Crippen LogP contribution in [0.1, 0.15) is 11.4 Å². The van der Waals surface area contributed by atoms with E-state index in [-0.39, 0.29) is 16.5 Å². The van der Waals surface area contributed by atoms with Crippen molar-refractivity contribution in [1.29, 1.82) is 0 Å². The van der Waals surface area contributed by atoms with E-state index < -0.39 is 0 Å². The highest BCUT2D eigenvalue weighted by Crippen LogP contribution is 2.31. The second-order valence-electron chi connectivity index (χ2n) is 4.67. The van der Waals surface area contributed by atoms with Crippen LogP contribution in [0.4, 0.5) is 11.4 Å². The average molecular weight is 293 g/mol. The van der Waals surface area contributed by atoms with E-state index in [2.05, 4.69) is 9.55 Å². The van der Waals surface area contributed by atoms with Gasteiger partial charge in [-0.15, -0.1) is 11.6 Å². The van der Waals surface area contributed by atoms with Crippen LogP contribution in [-0.4, -0.2) is 21.0 Å². The van der Waals surface area contributed by atoms with Crippen molar-refractivity contribution in [3.05, 3.63) is 52.1 Å². The molecule has 0 radical (unpaired) electrons. The molecule has 0 unspecified atom stereocenters. The number of halogens is 1. The zero-order valence-corrected chi connectivity index (χ0v) is 11.5. The minimum atomic E-state index is -0.355. The third-order valence-corrected chi connectivity index (χ3v) is 3.78. The second kappa shape index (κ2) is 5.13. The van der Waals surface area contributed by atoms with Crippen LogP contribution in [-0.2, 0) is 19.0 Å². The molecular weight excluding hydrogens is 280 g/mol. The highest BCUT2D eigenvalue weighted by Gasteiger charge is 2.24. The summed E-state index contributed by atoms with van der Waals surface area (Å²) in [5.74, 6) is 1.19. The molecule has 2 aromatic rings. The van der Waals surface area contributed by atoms with Crippen LogP contribution in [0.3, 0.4) is 0 Å². The van der Waals surface area contributed by atoms with Crippen LogP contribution in [0.25, 0.3) is 0 Å². The highest BCUT2D eigenvalue weighted by atomic mass is 35.5. The van der Waals surface area contributed by atoms with Gasteiger partial charge >= 0.3 is 0 Å². The van der Waals surface area contributed by atoms with Gasteiger partial charge in [0.15, 0.2) is 0 Å². The fraction of sp³-hybridized carbons (Fsp3) is 0.308. The summed E-state index contributed by atoms with van der Waals surface area (Å²) in [5, 5.41) is 11.2. The van der Waals surface area contributed by atoms with E-state index in [4.69, 9.17) is 11.6 Å². The zero-order chi connectivity index (χ0) is 14.1. The third-order valence-electron chi connectivity index (χ3n) is 3.48. The first kappa shape index (κ1) is 12.9. The summed E-state index contributed by atoms with van der Waals surface area (Å²) in [4.78, 5) is 17.1. The van der Waals surface area contributed by atoms with E-state index in [0.29, 0.717) is 12.2 Å². The zero-order valence-electron chi connectivity index (χ0n) is 10.7. The summed E-state index contributed by atoms with van der Waals surface area (Å²) < 4.78 is 2.06. The van der Waals surface area contributed by atoms with Gasteiger partial charge in [-0.05, 0) is 11.6 Å². The molecule has 7 heteroatoms. The maximum absolute atomic E-state index is 11.2. The van der Waals surface area contributed by atoms with Crippen molar-refractivity contribution >= 4 is 23.0 Å². The predicted octanol–water partition coefficient (Wildman–Crippen LogP) is 2.55. The maximum atomic E-state index is 11.2. The molecule has 0 bridgehead atoms. The van der Waals surface area contributed by atoms with Gasteiger partial charge in [0, 0.05) is 37.4 Å². The molecule has 1 aliphatic heterocycles. The van der Waals surface area contributed by atoms with E-state index in [1.807, 2.05) is 17.2 Å². The molecule has 3 rings (SSSR count). The van der Waals surface area contributed by atoms with Gasteiger partial charge < -0.3 is 9.47 Å². The number of nitro groups is 1. The minimum absolute atomic E-state index is 0.100. The predicted molar refractivity (Wildman–Crippen MR) is 75.9 cm³/mol. The van der Waals surface area contributed by atoms with Gasteiger partial charge in [0.1, 0.15) is 11.5 Å². The standard InChI is InChI=1S/C13H13ClN4O2/c14-8-10-1-2-11(12(7-10)18(19)20)17-6-5-16-4-3-15-13(16)9-17/h1-4,7H,5-6,8-9H2. The van der Waals surface area contributed by atoms with Crippen molar-refractivity contribution < 1.29 is 4.92 Å². The first-order valence-corrected chi connectivity index (χ1v) is 6.80. The van der Waals surface area contributed by atoms with E-state index in [0.717, 1.165) is 24.5 Å². The van der Waals surface area contributed by atoms with Crippen LogP contribution in [0, 0.1) is 10.1 Å². The number of nitrogens with zero attached hydrogens (tertiary/aromatic N) is 4. The number of anilines is 1. The summed E-state index contributed by atoms with van der Waals surface area (Å²) in [7, 11) is 0. The van der Waals surface area contributed by atoms with Gasteiger partial charge in [0.25, 0.3) is 5.69 Å². The molecule has 1 aromatic carbocycles. The van der Waals surface area contributed by atoms with E-state index >= 15 is 0 Å². The van der Waals surface area contributed by atoms with E-state index in [1.54, 1.807) is 18.3 Å². The number of hydrogen-bond donors (Lipinski definition) is 0. The number of hydrogen-bond acceptors (Lipinski definition) is 4. The maximum Gasteiger partial charge on any atom is 0.292 e. The fourth-order valence-electron chi connectivity index (χ4n) is 2.44. The Hall–Kier alpha value is -2.08. The molecule has 6 nitrogen and oxygen atoms in total. The Morgan fingerprint density at radius 2 is 2.25 bits per heavy atom. The molecule has 0 saturated heterocycles. The number of fused-ring (bicyclic) bond motifs is 1. The molecule has 2 heterocycles. The Morgan fingerprint density at radius 1 is 1.40 bits per heavy atom. The molecule has 0 aliphatic carbocycles. The van der Waals surface area contributed by atoms with Crippen molar-refractivity contribution in [1.82, 2.24) is 9.55 Å². The van der Waals surface area contributed by atoms with Crippen LogP contribution >= 0.6 is 11.6 Å². The summed E-state index contributed by atoms with van der Waals surface area (Å²) in [6.45, 7) is 2.09. The lowest BCUT2D eigenvalue weighted by molar-refractivity contribution is -0.384. The first-order valence-electron chi connectivity index (χ1n) is 6.27. The summed E-state index contributed by atoms with van der Waals surface area (Å²) in [6.07, 6.45) is 3.68. The Morgan fingerprint density at radius 3 is 3.00 bits per heavy atom. The number of alkyl halides is 1. The number of aromatic nitrogens is 2. The molecule has 0 amide bonds. The topological polar surface area (TPSA) is 64.2 Å². The molecule has 1 aliphatic rings. The van der Waals surface area contributed by atoms with Gasteiger partial charge in [0.05, 0.1) is 11.5 Å². The molecule has 0 spiro atoms. The molecule has 0 N–H and O–H groups in total. The molecule has 0 fully saturated rings. The van der Waals surface area contributed by atoms with Crippen LogP contribution in [0.5, 0.6) is 0 Å². The van der Waals surface area contributed by atoms with Gasteiger partial charge in [-0.25, -0.2) is 4.98 Å². The molecule has 1 aromatic heterocycles. The quantitative estimate of drug-likeness (QED) is 0.495. The van der Waals surface area contributed by atoms with Crippen molar-refractivity contribution in [2.75, 3.05) is 11.4 Å². The number of benzene rings is 1. The van der Waals surface area contributed by atoms with Crippen molar-refractivity contribution in [3.63, 3.8) is 0 Å². The minimum Gasteiger partial charge on any atom is -0.357 e. The number of nitro benzene ring substituents is 1. The third kappa shape index (κ3) is 2.22. The van der Waals surface area contributed by atoms with Gasteiger partial charge in [-0.1, -0.05) is 6.07 Å². The molecule has 0 saturated carbocycles. The number of rotatable bonds is 3. The molecule has 104 valence electrons. The highest BCUT2D eigenvalue weighted by molar-refractivity contribution is 6.17. The SMILES string of the molecule is O=[N+]([O-])c1cc(CCl)ccc1N1CCn2ccnc2C1. The number of imidazole rings is 1. The fourth-order valence-corrected chi connectivity index (χ4v) is 2.61. The monoisotopic (exact) mass is 292 g/mol. The lowest BCUT2D eigenvalue weighted by Gasteiger charge is -2.29. The van der Waals surface area contributed by atoms with Crippen molar-refractivity contribution in [2.24, 2.45) is 0 Å². The van der Waals surface area contributed by atoms with Gasteiger partial charge in [-0.2, -0.15) is 0 Å². The van der Waals surface area contributed by atoms with Gasteiger partial charge in [-0.3, -0.25) is 10.1 Å². The molecular formula is C13H13ClN4O2. The van der Waals surface area contributed by atoms with Gasteiger partial charge in [0.2, 0.25) is 0 Å². The smallest absolute Gasteiger partial charge is 0.292 e. The summed E-state index contributed by atoms with van der Waals surface area (Å²) in [6, 6.07) is 5.15. The second-order valence-corrected chi connectivity index (χ2v) is 4.94. The largest absolute Gasteiger partial charge is 0.357 e. The summed E-state index contributed by atoms with van der Waals surface area (Å²) in [5.41, 5.74) is 1.47. The van der Waals surface area contributed by atoms with Crippen molar-refractivity contribution in [3.8, 4) is 0 Å². The first-order chi connectivity index (χ1) is 9.69. The van der Waals surface area contributed by atoms with Crippen LogP contribution in [0.2, 0.25) is 0 Å². The van der Waals surface area contributed by atoms with E-state index in [9.17, 15) is 10.1 Å². The Bertz CT molecular complexity index is 656. The molecule has 20 heavy (non-hydrogen) atoms. The Kier molecular flexibility index (Phi) is 3.31. The Labute approximate surface area is 120 Å².